The highest BCUT2D eigenvalue weighted by atomic mass is 127. The molecule has 0 aliphatic carbocycles. The van der Waals surface area contributed by atoms with Gasteiger partial charge in [0.2, 0.25) is 17.7 Å². The fourth-order valence-corrected chi connectivity index (χ4v) is 4.98. The zero-order valence-electron chi connectivity index (χ0n) is 19.0. The number of aliphatic hydroxyl groups is 1. The Morgan fingerprint density at radius 2 is 2.10 bits per heavy atom. The topological polar surface area (TPSA) is 108 Å². The lowest BCUT2D eigenvalue weighted by Crippen LogP contribution is -2.43. The minimum absolute atomic E-state index is 0.0797. The number of ether oxygens (including phenoxy) is 2. The van der Waals surface area contributed by atoms with Crippen molar-refractivity contribution in [1.29, 1.82) is 0 Å². The van der Waals surface area contributed by atoms with E-state index in [4.69, 9.17) is 13.9 Å². The van der Waals surface area contributed by atoms with Crippen LogP contribution in [0.15, 0.2) is 6.20 Å². The Balaban J connectivity index is 1.87. The summed E-state index contributed by atoms with van der Waals surface area (Å²) in [6.07, 6.45) is 0.816. The predicted octanol–water partition coefficient (Wildman–Crippen LogP) is 3.67. The van der Waals surface area contributed by atoms with Gasteiger partial charge in [0.25, 0.3) is 0 Å². The highest BCUT2D eigenvalue weighted by Crippen LogP contribution is 2.39. The van der Waals surface area contributed by atoms with E-state index in [1.807, 2.05) is 10.8 Å². The van der Waals surface area contributed by atoms with Crippen LogP contribution in [0.2, 0.25) is 18.1 Å². The van der Waals surface area contributed by atoms with Crippen LogP contribution in [0.4, 0.5) is 5.95 Å². The molecule has 1 saturated heterocycles. The first-order valence-corrected chi connectivity index (χ1v) is 14.2. The second-order valence-electron chi connectivity index (χ2n) is 9.32. The Kier molecular flexibility index (Phi) is 7.01. The van der Waals surface area contributed by atoms with Gasteiger partial charge in [-0.3, -0.25) is 10.1 Å². The van der Waals surface area contributed by atoms with Gasteiger partial charge in [0.1, 0.15) is 12.3 Å². The largest absolute Gasteiger partial charge is 0.480 e. The van der Waals surface area contributed by atoms with Crippen molar-refractivity contribution in [1.82, 2.24) is 14.5 Å². The molecule has 3 heterocycles. The molecular weight excluding hydrogens is 531 g/mol. The van der Waals surface area contributed by atoms with E-state index in [1.165, 1.54) is 14.0 Å². The van der Waals surface area contributed by atoms with Crippen LogP contribution in [0.1, 0.15) is 40.3 Å². The van der Waals surface area contributed by atoms with Crippen LogP contribution in [-0.4, -0.2) is 59.8 Å². The van der Waals surface area contributed by atoms with Crippen molar-refractivity contribution in [3.05, 3.63) is 9.77 Å². The number of hydrogen-bond acceptors (Lipinski definition) is 7. The molecule has 0 radical (unpaired) electrons. The third kappa shape index (κ3) is 5.05. The van der Waals surface area contributed by atoms with Crippen molar-refractivity contribution >= 4 is 53.8 Å². The smallest absolute Gasteiger partial charge is 0.234 e. The first-order valence-electron chi connectivity index (χ1n) is 10.2. The van der Waals surface area contributed by atoms with Gasteiger partial charge in [0.05, 0.1) is 25.2 Å². The molecule has 0 aromatic carbocycles. The average molecular weight is 562 g/mol. The van der Waals surface area contributed by atoms with Gasteiger partial charge in [0, 0.05) is 23.1 Å². The van der Waals surface area contributed by atoms with Gasteiger partial charge in [0.15, 0.2) is 14.0 Å². The third-order valence-electron chi connectivity index (χ3n) is 6.00. The number of carbonyl (C=O) groups excluding carboxylic acids is 1. The fourth-order valence-electron chi connectivity index (χ4n) is 3.20. The van der Waals surface area contributed by atoms with Crippen LogP contribution in [0.5, 0.6) is 5.88 Å². The minimum Gasteiger partial charge on any atom is -0.480 e. The van der Waals surface area contributed by atoms with Crippen LogP contribution in [0.25, 0.3) is 11.0 Å². The zero-order chi connectivity index (χ0) is 23.1. The number of fused-ring (bicyclic) bond motifs is 1. The normalized spacial score (nSPS) is 22.2. The summed E-state index contributed by atoms with van der Waals surface area (Å²) in [6.45, 7) is 12.7. The van der Waals surface area contributed by atoms with E-state index in [1.54, 1.807) is 0 Å². The van der Waals surface area contributed by atoms with Crippen LogP contribution in [0, 0.1) is 3.57 Å². The molecule has 0 bridgehead atoms. The van der Waals surface area contributed by atoms with Gasteiger partial charge in [-0.25, -0.2) is 0 Å². The Bertz CT molecular complexity index is 975. The molecule has 2 aromatic heterocycles. The first kappa shape index (κ1) is 24.4. The number of aromatic nitrogens is 3. The van der Waals surface area contributed by atoms with E-state index in [0.29, 0.717) is 24.6 Å². The lowest BCUT2D eigenvalue weighted by molar-refractivity contribution is -0.114. The molecule has 0 saturated carbocycles. The monoisotopic (exact) mass is 562 g/mol. The number of amides is 1. The van der Waals surface area contributed by atoms with Gasteiger partial charge in [-0.05, 0) is 40.7 Å². The quantitative estimate of drug-likeness (QED) is 0.409. The lowest BCUT2D eigenvalue weighted by atomic mass is 10.2. The number of aliphatic hydroxyl groups excluding tert-OH is 1. The van der Waals surface area contributed by atoms with Crippen molar-refractivity contribution in [3.63, 3.8) is 0 Å². The molecule has 11 heteroatoms. The summed E-state index contributed by atoms with van der Waals surface area (Å²) in [5.74, 6) is 0.252. The number of methoxy groups -OCH3 is 1. The lowest BCUT2D eigenvalue weighted by Gasteiger charge is -2.37. The Hall–Kier alpha value is -1.28. The molecule has 0 spiro atoms. The molecule has 31 heavy (non-hydrogen) atoms. The standard InChI is InChI=1S/C20H31IN4O5Si/c1-11(26)22-19-23-17-16(18(24-19)28-5)12(21)9-25(17)15-8-13(27)14(30-15)10-29-31(6,7)20(2,3)4/h9,13-15,27H,8,10H2,1-7H3,(H,22,23,24,26)/t13-,14-,15-/m0/s1. The molecule has 3 rings (SSSR count). The number of anilines is 1. The highest BCUT2D eigenvalue weighted by molar-refractivity contribution is 14.1. The molecule has 9 nitrogen and oxygen atoms in total. The van der Waals surface area contributed by atoms with E-state index in [9.17, 15) is 9.90 Å². The number of hydrogen-bond donors (Lipinski definition) is 2. The first-order chi connectivity index (χ1) is 14.3. The molecule has 1 fully saturated rings. The van der Waals surface area contributed by atoms with Crippen molar-refractivity contribution in [2.75, 3.05) is 19.0 Å². The van der Waals surface area contributed by atoms with Crippen molar-refractivity contribution < 1.29 is 23.8 Å². The number of halogens is 1. The molecule has 0 unspecified atom stereocenters. The summed E-state index contributed by atoms with van der Waals surface area (Å²) in [5.41, 5.74) is 0.572. The minimum atomic E-state index is -1.95. The van der Waals surface area contributed by atoms with Crippen molar-refractivity contribution in [2.24, 2.45) is 0 Å². The summed E-state index contributed by atoms with van der Waals surface area (Å²) in [5, 5.41) is 14.1. The molecule has 1 amide bonds. The zero-order valence-corrected chi connectivity index (χ0v) is 22.2. The maximum absolute atomic E-state index is 11.5. The maximum atomic E-state index is 11.5. The molecule has 3 atom stereocenters. The summed E-state index contributed by atoms with van der Waals surface area (Å²) in [7, 11) is -0.430. The third-order valence-corrected chi connectivity index (χ3v) is 11.3. The van der Waals surface area contributed by atoms with Gasteiger partial charge in [-0.2, -0.15) is 9.97 Å². The summed E-state index contributed by atoms with van der Waals surface area (Å²) >= 11 is 2.19. The van der Waals surface area contributed by atoms with E-state index < -0.39 is 26.8 Å². The molecule has 172 valence electrons. The Labute approximate surface area is 197 Å². The number of nitrogens with one attached hydrogen (secondary N) is 1. The van der Waals surface area contributed by atoms with Gasteiger partial charge in [-0.15, -0.1) is 0 Å². The summed E-state index contributed by atoms with van der Waals surface area (Å²) < 4.78 is 20.7. The maximum Gasteiger partial charge on any atom is 0.234 e. The van der Waals surface area contributed by atoms with Crippen LogP contribution < -0.4 is 10.1 Å². The number of nitrogens with zero attached hydrogens (tertiary/aromatic N) is 3. The molecule has 1 aliphatic heterocycles. The molecule has 2 aromatic rings. The summed E-state index contributed by atoms with van der Waals surface area (Å²) in [4.78, 5) is 20.3. The van der Waals surface area contributed by atoms with Crippen molar-refractivity contribution in [3.8, 4) is 5.88 Å². The Morgan fingerprint density at radius 3 is 2.68 bits per heavy atom. The molecule has 2 N–H and O–H groups in total. The van der Waals surface area contributed by atoms with Gasteiger partial charge >= 0.3 is 0 Å². The average Bonchev–Trinajstić information content (AvgIpc) is 3.18. The highest BCUT2D eigenvalue weighted by Gasteiger charge is 2.41. The Morgan fingerprint density at radius 1 is 1.42 bits per heavy atom. The second-order valence-corrected chi connectivity index (χ2v) is 15.3. The van der Waals surface area contributed by atoms with Crippen LogP contribution in [0.3, 0.4) is 0 Å². The molecule has 1 aliphatic rings. The van der Waals surface area contributed by atoms with E-state index in [0.717, 1.165) is 8.96 Å². The van der Waals surface area contributed by atoms with Gasteiger partial charge in [-0.1, -0.05) is 20.8 Å². The van der Waals surface area contributed by atoms with Crippen LogP contribution >= 0.6 is 22.6 Å². The number of rotatable bonds is 6. The second kappa shape index (κ2) is 8.93. The summed E-state index contributed by atoms with van der Waals surface area (Å²) in [6, 6.07) is 0. The molecular formula is C20H31IN4O5Si. The number of carbonyl (C=O) groups is 1. The van der Waals surface area contributed by atoms with Crippen LogP contribution in [-0.2, 0) is 14.0 Å². The van der Waals surface area contributed by atoms with E-state index in [2.05, 4.69) is 71.7 Å². The van der Waals surface area contributed by atoms with E-state index in [-0.39, 0.29) is 16.9 Å². The predicted molar refractivity (Wildman–Crippen MR) is 129 cm³/mol. The fraction of sp³-hybridized carbons (Fsp3) is 0.650. The van der Waals surface area contributed by atoms with E-state index >= 15 is 0 Å². The van der Waals surface area contributed by atoms with Crippen molar-refractivity contribution in [2.45, 2.75) is 70.7 Å². The SMILES string of the molecule is COc1nc(NC(C)=O)nc2c1c(I)cn2[C@@H]1C[C@H](O)[C@H](CO[Si](C)(C)C(C)(C)C)O1. The van der Waals surface area contributed by atoms with Gasteiger partial charge < -0.3 is 23.6 Å².